The third-order valence-electron chi connectivity index (χ3n) is 5.88. The van der Waals surface area contributed by atoms with Crippen LogP contribution in [0.3, 0.4) is 0 Å². The van der Waals surface area contributed by atoms with Gasteiger partial charge >= 0.3 is 0 Å². The molecule has 1 aliphatic carbocycles. The summed E-state index contributed by atoms with van der Waals surface area (Å²) >= 11 is 0. The molecular weight excluding hydrogens is 396 g/mol. The highest BCUT2D eigenvalue weighted by Gasteiger charge is 2.22. The number of fused-ring (bicyclic) bond motifs is 1. The fraction of sp³-hybridized carbons (Fsp3) is 0.222. The van der Waals surface area contributed by atoms with Gasteiger partial charge < -0.3 is 10.2 Å². The largest absolute Gasteiger partial charge is 0.367 e. The molecule has 0 bridgehead atoms. The first-order valence-electron chi connectivity index (χ1n) is 11.0. The number of carbonyl (C=O) groups excluding carboxylic acids is 1. The summed E-state index contributed by atoms with van der Waals surface area (Å²) in [6, 6.07) is 22.9. The van der Waals surface area contributed by atoms with Crippen molar-refractivity contribution in [2.45, 2.75) is 32.4 Å². The lowest BCUT2D eigenvalue weighted by atomic mass is 10.0. The average Bonchev–Trinajstić information content (AvgIpc) is 3.63. The summed E-state index contributed by atoms with van der Waals surface area (Å²) in [5.74, 6) is 0.924. The number of rotatable bonds is 6. The summed E-state index contributed by atoms with van der Waals surface area (Å²) in [6.07, 6.45) is 4.01. The molecule has 1 aromatic heterocycles. The van der Waals surface area contributed by atoms with Crippen LogP contribution in [0, 0.1) is 6.92 Å². The molecule has 0 radical (unpaired) electrons. The van der Waals surface area contributed by atoms with Gasteiger partial charge in [0.15, 0.2) is 0 Å². The second kappa shape index (κ2) is 8.42. The maximum Gasteiger partial charge on any atom is 0.253 e. The molecule has 5 nitrogen and oxygen atoms in total. The van der Waals surface area contributed by atoms with Crippen molar-refractivity contribution in [2.75, 3.05) is 12.4 Å². The Labute approximate surface area is 188 Å². The zero-order chi connectivity index (χ0) is 22.1. The van der Waals surface area contributed by atoms with Gasteiger partial charge in [0.2, 0.25) is 0 Å². The van der Waals surface area contributed by atoms with Gasteiger partial charge in [-0.2, -0.15) is 0 Å². The minimum absolute atomic E-state index is 0.0223. The number of amides is 1. The summed E-state index contributed by atoms with van der Waals surface area (Å²) in [4.78, 5) is 23.4. The highest BCUT2D eigenvalue weighted by molar-refractivity contribution is 5.94. The number of benzene rings is 3. The molecule has 0 spiro atoms. The zero-order valence-electron chi connectivity index (χ0n) is 18.4. The molecule has 160 valence electrons. The van der Waals surface area contributed by atoms with Crippen molar-refractivity contribution in [3.63, 3.8) is 0 Å². The Kier molecular flexibility index (Phi) is 5.31. The Balaban J connectivity index is 1.39. The van der Waals surface area contributed by atoms with Gasteiger partial charge in [-0.1, -0.05) is 42.0 Å². The zero-order valence-corrected chi connectivity index (χ0v) is 18.4. The van der Waals surface area contributed by atoms with E-state index in [4.69, 9.17) is 0 Å². The van der Waals surface area contributed by atoms with Gasteiger partial charge in [0.1, 0.15) is 12.1 Å². The number of carbonyl (C=O) groups is 1. The Morgan fingerprint density at radius 3 is 2.56 bits per heavy atom. The Morgan fingerprint density at radius 1 is 1.00 bits per heavy atom. The SMILES string of the molecule is Cc1ccc(C(=O)N(C)Cc2cccc(-c3ccc4ncnc(NC5CC5)c4c3)c2)cc1. The van der Waals surface area contributed by atoms with Crippen LogP contribution in [0.4, 0.5) is 5.82 Å². The normalized spacial score (nSPS) is 13.2. The molecule has 5 rings (SSSR count). The molecule has 0 atom stereocenters. The fourth-order valence-corrected chi connectivity index (χ4v) is 3.88. The van der Waals surface area contributed by atoms with Crippen molar-refractivity contribution in [1.29, 1.82) is 0 Å². The third-order valence-corrected chi connectivity index (χ3v) is 5.88. The van der Waals surface area contributed by atoms with Gasteiger partial charge in [0, 0.05) is 30.6 Å². The standard InChI is InChI=1S/C27H26N4O/c1-18-6-8-20(9-7-18)27(32)31(2)16-19-4-3-5-21(14-19)22-10-13-25-24(15-22)26(29-17-28-25)30-23-11-12-23/h3-10,13-15,17,23H,11-12,16H2,1-2H3,(H,28,29,30). The summed E-state index contributed by atoms with van der Waals surface area (Å²) in [6.45, 7) is 2.57. The second-order valence-electron chi connectivity index (χ2n) is 8.60. The minimum atomic E-state index is 0.0223. The van der Waals surface area contributed by atoms with Crippen LogP contribution in [-0.4, -0.2) is 33.9 Å². The van der Waals surface area contributed by atoms with Gasteiger partial charge in [-0.15, -0.1) is 0 Å². The molecule has 0 aliphatic heterocycles. The molecule has 1 saturated carbocycles. The maximum absolute atomic E-state index is 12.8. The van der Waals surface area contributed by atoms with Crippen LogP contribution in [0.5, 0.6) is 0 Å². The highest BCUT2D eigenvalue weighted by Crippen LogP contribution is 2.31. The first-order chi connectivity index (χ1) is 15.6. The topological polar surface area (TPSA) is 58.1 Å². The number of anilines is 1. The van der Waals surface area contributed by atoms with Crippen molar-refractivity contribution >= 4 is 22.6 Å². The van der Waals surface area contributed by atoms with Crippen molar-refractivity contribution in [3.8, 4) is 11.1 Å². The Bertz CT molecular complexity index is 1280. The summed E-state index contributed by atoms with van der Waals surface area (Å²) in [5.41, 5.74) is 6.10. The van der Waals surface area contributed by atoms with E-state index in [9.17, 15) is 4.79 Å². The van der Waals surface area contributed by atoms with E-state index < -0.39 is 0 Å². The lowest BCUT2D eigenvalue weighted by Gasteiger charge is -2.18. The van der Waals surface area contributed by atoms with Crippen molar-refractivity contribution in [3.05, 3.63) is 89.7 Å². The number of nitrogens with one attached hydrogen (secondary N) is 1. The number of aryl methyl sites for hydroxylation is 1. The van der Waals surface area contributed by atoms with Crippen LogP contribution in [0.2, 0.25) is 0 Å². The lowest BCUT2D eigenvalue weighted by molar-refractivity contribution is 0.0785. The summed E-state index contributed by atoms with van der Waals surface area (Å²) < 4.78 is 0. The van der Waals surface area contributed by atoms with Gasteiger partial charge in [0.05, 0.1) is 5.52 Å². The van der Waals surface area contributed by atoms with E-state index in [1.54, 1.807) is 11.2 Å². The monoisotopic (exact) mass is 422 g/mol. The maximum atomic E-state index is 12.8. The fourth-order valence-electron chi connectivity index (χ4n) is 3.88. The van der Waals surface area contributed by atoms with Crippen LogP contribution in [0.25, 0.3) is 22.0 Å². The Morgan fingerprint density at radius 2 is 1.78 bits per heavy atom. The van der Waals surface area contributed by atoms with E-state index in [1.165, 1.54) is 12.8 Å². The van der Waals surface area contributed by atoms with Crippen LogP contribution in [-0.2, 0) is 6.54 Å². The van der Waals surface area contributed by atoms with E-state index in [0.29, 0.717) is 18.2 Å². The van der Waals surface area contributed by atoms with Crippen LogP contribution in [0.15, 0.2) is 73.1 Å². The van der Waals surface area contributed by atoms with E-state index in [-0.39, 0.29) is 5.91 Å². The number of nitrogens with zero attached hydrogens (tertiary/aromatic N) is 3. The van der Waals surface area contributed by atoms with E-state index in [1.807, 2.05) is 50.4 Å². The molecule has 1 heterocycles. The van der Waals surface area contributed by atoms with Gasteiger partial charge in [-0.3, -0.25) is 4.79 Å². The molecule has 1 N–H and O–H groups in total. The van der Waals surface area contributed by atoms with Crippen LogP contribution in [0.1, 0.15) is 34.3 Å². The van der Waals surface area contributed by atoms with E-state index in [2.05, 4.69) is 45.6 Å². The lowest BCUT2D eigenvalue weighted by Crippen LogP contribution is -2.26. The summed E-state index contributed by atoms with van der Waals surface area (Å²) in [7, 11) is 1.85. The molecule has 1 aliphatic rings. The number of aromatic nitrogens is 2. The molecule has 1 fully saturated rings. The minimum Gasteiger partial charge on any atom is -0.367 e. The van der Waals surface area contributed by atoms with Crippen molar-refractivity contribution in [2.24, 2.45) is 0 Å². The number of hydrogen-bond donors (Lipinski definition) is 1. The van der Waals surface area contributed by atoms with Crippen molar-refractivity contribution < 1.29 is 4.79 Å². The molecule has 3 aromatic carbocycles. The smallest absolute Gasteiger partial charge is 0.253 e. The van der Waals surface area contributed by atoms with E-state index >= 15 is 0 Å². The Hall–Kier alpha value is -3.73. The predicted octanol–water partition coefficient (Wildman–Crippen LogP) is 5.45. The average molecular weight is 423 g/mol. The second-order valence-corrected chi connectivity index (χ2v) is 8.60. The van der Waals surface area contributed by atoms with Gasteiger partial charge in [-0.25, -0.2) is 9.97 Å². The molecular formula is C27H26N4O. The molecule has 32 heavy (non-hydrogen) atoms. The first kappa shape index (κ1) is 20.2. The van der Waals surface area contributed by atoms with E-state index in [0.717, 1.165) is 39.0 Å². The summed E-state index contributed by atoms with van der Waals surface area (Å²) in [5, 5.41) is 4.55. The predicted molar refractivity (Wildman–Crippen MR) is 129 cm³/mol. The highest BCUT2D eigenvalue weighted by atomic mass is 16.2. The van der Waals surface area contributed by atoms with Crippen molar-refractivity contribution in [1.82, 2.24) is 14.9 Å². The van der Waals surface area contributed by atoms with Gasteiger partial charge in [-0.05, 0) is 66.8 Å². The van der Waals surface area contributed by atoms with Gasteiger partial charge in [0.25, 0.3) is 5.91 Å². The first-order valence-corrected chi connectivity index (χ1v) is 11.0. The quantitative estimate of drug-likeness (QED) is 0.449. The number of hydrogen-bond acceptors (Lipinski definition) is 4. The molecule has 5 heteroatoms. The molecule has 4 aromatic rings. The van der Waals surface area contributed by atoms with Crippen LogP contribution >= 0.6 is 0 Å². The van der Waals surface area contributed by atoms with Crippen LogP contribution < -0.4 is 5.32 Å². The molecule has 1 amide bonds. The molecule has 0 saturated heterocycles. The third kappa shape index (κ3) is 4.33. The molecule has 0 unspecified atom stereocenters.